The van der Waals surface area contributed by atoms with Crippen LogP contribution in [0.5, 0.6) is 0 Å². The molecule has 1 aliphatic carbocycles. The quantitative estimate of drug-likeness (QED) is 0.619. The summed E-state index contributed by atoms with van der Waals surface area (Å²) < 4.78 is 0. The molecule has 0 nitrogen and oxygen atoms in total. The number of rotatable bonds is 2. The normalized spacial score (nSPS) is 21.0. The van der Waals surface area contributed by atoms with Crippen molar-refractivity contribution in [2.24, 2.45) is 5.92 Å². The first-order valence-corrected chi connectivity index (χ1v) is 5.76. The smallest absolute Gasteiger partial charge is 0.00501 e. The van der Waals surface area contributed by atoms with Crippen LogP contribution in [-0.4, -0.2) is 0 Å². The Bertz CT molecular complexity index is 371. The van der Waals surface area contributed by atoms with Gasteiger partial charge in [0.15, 0.2) is 0 Å². The zero-order valence-corrected chi connectivity index (χ0v) is 9.32. The first-order chi connectivity index (χ1) is 7.34. The van der Waals surface area contributed by atoms with Crippen LogP contribution in [-0.2, 0) is 0 Å². The van der Waals surface area contributed by atoms with Gasteiger partial charge >= 0.3 is 0 Å². The maximum atomic E-state index is 2.33. The maximum absolute atomic E-state index is 2.33. The molecule has 78 valence electrons. The molecule has 1 atom stereocenters. The summed E-state index contributed by atoms with van der Waals surface area (Å²) in [5.74, 6) is 0.652. The predicted octanol–water partition coefficient (Wildman–Crippen LogP) is 4.36. The van der Waals surface area contributed by atoms with Crippen LogP contribution in [0.3, 0.4) is 0 Å². The summed E-state index contributed by atoms with van der Waals surface area (Å²) in [6.45, 7) is 2.14. The molecule has 0 unspecified atom stereocenters. The summed E-state index contributed by atoms with van der Waals surface area (Å²) in [7, 11) is 0. The minimum atomic E-state index is 0.652. The van der Waals surface area contributed by atoms with Crippen molar-refractivity contribution in [1.82, 2.24) is 0 Å². The number of allylic oxidation sites excluding steroid dienone is 3. The number of hydrogen-bond acceptors (Lipinski definition) is 0. The van der Waals surface area contributed by atoms with Crippen LogP contribution in [0, 0.1) is 12.8 Å². The van der Waals surface area contributed by atoms with Gasteiger partial charge in [-0.15, -0.1) is 0 Å². The molecule has 15 heavy (non-hydrogen) atoms. The van der Waals surface area contributed by atoms with Gasteiger partial charge in [-0.2, -0.15) is 0 Å². The van der Waals surface area contributed by atoms with Crippen molar-refractivity contribution in [1.29, 1.82) is 0 Å². The van der Waals surface area contributed by atoms with Crippen LogP contribution in [0.1, 0.15) is 30.4 Å². The lowest BCUT2D eigenvalue weighted by atomic mass is 9.95. The van der Waals surface area contributed by atoms with Gasteiger partial charge in [-0.1, -0.05) is 54.1 Å². The highest BCUT2D eigenvalue weighted by Crippen LogP contribution is 2.19. The molecule has 1 aromatic carbocycles. The van der Waals surface area contributed by atoms with Gasteiger partial charge in [-0.3, -0.25) is 0 Å². The lowest BCUT2D eigenvalue weighted by Crippen LogP contribution is -1.95. The van der Waals surface area contributed by atoms with Crippen molar-refractivity contribution in [2.45, 2.75) is 26.2 Å². The van der Waals surface area contributed by atoms with E-state index in [1.807, 2.05) is 0 Å². The molecule has 0 aliphatic heterocycles. The lowest BCUT2D eigenvalue weighted by molar-refractivity contribution is 0.632. The zero-order chi connectivity index (χ0) is 10.5. The molecule has 0 saturated carbocycles. The van der Waals surface area contributed by atoms with Crippen molar-refractivity contribution in [3.05, 3.63) is 53.6 Å². The standard InChI is InChI=1S/C15H18/c1-13-6-5-9-15(12-13)11-10-14-7-3-2-4-8-14/h3,5-7,9-12,14H,2,4,8H2,1H3/b11-10+/t14-/m1/s1. The van der Waals surface area contributed by atoms with Gasteiger partial charge in [0.25, 0.3) is 0 Å². The molecule has 2 rings (SSSR count). The minimum absolute atomic E-state index is 0.652. The Morgan fingerprint density at radius 2 is 2.27 bits per heavy atom. The molecule has 0 radical (unpaired) electrons. The van der Waals surface area contributed by atoms with Gasteiger partial charge in [0.05, 0.1) is 0 Å². The van der Waals surface area contributed by atoms with Crippen molar-refractivity contribution in [3.63, 3.8) is 0 Å². The van der Waals surface area contributed by atoms with Crippen LogP contribution >= 0.6 is 0 Å². The Kier molecular flexibility index (Phi) is 3.39. The van der Waals surface area contributed by atoms with E-state index in [0.29, 0.717) is 5.92 Å². The Morgan fingerprint density at radius 1 is 1.33 bits per heavy atom. The van der Waals surface area contributed by atoms with E-state index in [1.165, 1.54) is 30.4 Å². The van der Waals surface area contributed by atoms with E-state index in [2.05, 4.69) is 55.5 Å². The third-order valence-corrected chi connectivity index (χ3v) is 2.87. The van der Waals surface area contributed by atoms with Crippen LogP contribution in [0.2, 0.25) is 0 Å². The molecule has 0 amide bonds. The Balaban J connectivity index is 2.04. The highest BCUT2D eigenvalue weighted by Gasteiger charge is 2.03. The number of aryl methyl sites for hydroxylation is 1. The summed E-state index contributed by atoms with van der Waals surface area (Å²) in [4.78, 5) is 0. The van der Waals surface area contributed by atoms with Crippen molar-refractivity contribution in [3.8, 4) is 0 Å². The van der Waals surface area contributed by atoms with Gasteiger partial charge in [-0.05, 0) is 37.7 Å². The molecule has 1 aromatic rings. The third-order valence-electron chi connectivity index (χ3n) is 2.87. The van der Waals surface area contributed by atoms with E-state index < -0.39 is 0 Å². The highest BCUT2D eigenvalue weighted by molar-refractivity contribution is 5.50. The second kappa shape index (κ2) is 4.97. The van der Waals surface area contributed by atoms with E-state index in [4.69, 9.17) is 0 Å². The fourth-order valence-corrected chi connectivity index (χ4v) is 2.01. The van der Waals surface area contributed by atoms with Gasteiger partial charge in [0, 0.05) is 0 Å². The fourth-order valence-electron chi connectivity index (χ4n) is 2.01. The maximum Gasteiger partial charge on any atom is -0.00501 e. The number of benzene rings is 1. The highest BCUT2D eigenvalue weighted by atomic mass is 14.1. The summed E-state index contributed by atoms with van der Waals surface area (Å²) in [6, 6.07) is 8.64. The molecule has 0 aromatic heterocycles. The molecular weight excluding hydrogens is 180 g/mol. The minimum Gasteiger partial charge on any atom is -0.0879 e. The average molecular weight is 198 g/mol. The largest absolute Gasteiger partial charge is 0.0879 e. The van der Waals surface area contributed by atoms with E-state index in [9.17, 15) is 0 Å². The van der Waals surface area contributed by atoms with E-state index in [-0.39, 0.29) is 0 Å². The van der Waals surface area contributed by atoms with Crippen LogP contribution in [0.25, 0.3) is 6.08 Å². The summed E-state index contributed by atoms with van der Waals surface area (Å²) >= 11 is 0. The Hall–Kier alpha value is -1.30. The van der Waals surface area contributed by atoms with Gasteiger partial charge in [-0.25, -0.2) is 0 Å². The van der Waals surface area contributed by atoms with Gasteiger partial charge in [0.2, 0.25) is 0 Å². The summed E-state index contributed by atoms with van der Waals surface area (Å²) in [5, 5.41) is 0. The Morgan fingerprint density at radius 3 is 3.00 bits per heavy atom. The van der Waals surface area contributed by atoms with E-state index >= 15 is 0 Å². The molecule has 0 spiro atoms. The molecule has 0 N–H and O–H groups in total. The van der Waals surface area contributed by atoms with E-state index in [1.54, 1.807) is 0 Å². The van der Waals surface area contributed by atoms with Crippen molar-refractivity contribution < 1.29 is 0 Å². The second-order valence-corrected chi connectivity index (χ2v) is 4.30. The van der Waals surface area contributed by atoms with Gasteiger partial charge in [0.1, 0.15) is 0 Å². The summed E-state index contributed by atoms with van der Waals surface area (Å²) in [5.41, 5.74) is 2.64. The molecule has 1 aliphatic rings. The zero-order valence-electron chi connectivity index (χ0n) is 9.32. The number of hydrogen-bond donors (Lipinski definition) is 0. The SMILES string of the molecule is Cc1cccc(/C=C/[C@@H]2C=CCCC2)c1. The molecule has 0 fully saturated rings. The fraction of sp³-hybridized carbons (Fsp3) is 0.333. The third kappa shape index (κ3) is 3.09. The molecule has 0 saturated heterocycles. The average Bonchev–Trinajstić information content (AvgIpc) is 2.28. The van der Waals surface area contributed by atoms with Crippen LogP contribution in [0.4, 0.5) is 0 Å². The molecule has 0 heteroatoms. The first kappa shape index (κ1) is 10.2. The first-order valence-electron chi connectivity index (χ1n) is 5.76. The van der Waals surface area contributed by atoms with Crippen LogP contribution in [0.15, 0.2) is 42.5 Å². The summed E-state index contributed by atoms with van der Waals surface area (Å²) in [6.07, 6.45) is 13.1. The van der Waals surface area contributed by atoms with Gasteiger partial charge < -0.3 is 0 Å². The second-order valence-electron chi connectivity index (χ2n) is 4.30. The van der Waals surface area contributed by atoms with E-state index in [0.717, 1.165) is 0 Å². The predicted molar refractivity (Wildman–Crippen MR) is 66.7 cm³/mol. The van der Waals surface area contributed by atoms with Crippen LogP contribution < -0.4 is 0 Å². The lowest BCUT2D eigenvalue weighted by Gasteiger charge is -2.11. The molecule has 0 bridgehead atoms. The topological polar surface area (TPSA) is 0 Å². The Labute approximate surface area is 92.3 Å². The molecule has 0 heterocycles. The monoisotopic (exact) mass is 198 g/mol. The van der Waals surface area contributed by atoms with Crippen molar-refractivity contribution >= 4 is 6.08 Å². The molecular formula is C15H18. The van der Waals surface area contributed by atoms with Crippen molar-refractivity contribution in [2.75, 3.05) is 0 Å².